The Morgan fingerprint density at radius 3 is 1.10 bits per heavy atom. The first kappa shape index (κ1) is 14.4. The molecular formula is C16H22N4. The number of hydrogen-bond donors (Lipinski definition) is 4. The van der Waals surface area contributed by atoms with Crippen LogP contribution in [0.2, 0.25) is 0 Å². The molecule has 0 aliphatic carbocycles. The van der Waals surface area contributed by atoms with Crippen LogP contribution in [0.4, 0.5) is 11.4 Å². The van der Waals surface area contributed by atoms with Gasteiger partial charge in [0.2, 0.25) is 0 Å². The SMILES string of the molecule is C1CNCCN1.Nc1ccc(-c2ccc(N)cc2)cc1. The maximum Gasteiger partial charge on any atom is 0.0314 e. The quantitative estimate of drug-likeness (QED) is 0.595. The summed E-state index contributed by atoms with van der Waals surface area (Å²) >= 11 is 0. The van der Waals surface area contributed by atoms with Crippen molar-refractivity contribution in [2.45, 2.75) is 0 Å². The summed E-state index contributed by atoms with van der Waals surface area (Å²) in [7, 11) is 0. The fourth-order valence-corrected chi connectivity index (χ4v) is 1.95. The lowest BCUT2D eigenvalue weighted by molar-refractivity contribution is 0.534. The Morgan fingerprint density at radius 1 is 0.550 bits per heavy atom. The van der Waals surface area contributed by atoms with Gasteiger partial charge in [0, 0.05) is 37.6 Å². The minimum atomic E-state index is 0.782. The molecular weight excluding hydrogens is 248 g/mol. The Morgan fingerprint density at radius 2 is 0.850 bits per heavy atom. The maximum absolute atomic E-state index is 5.61. The number of nitrogens with two attached hydrogens (primary N) is 2. The van der Waals surface area contributed by atoms with Crippen LogP contribution in [0, 0.1) is 0 Å². The predicted molar refractivity (Wildman–Crippen MR) is 86.4 cm³/mol. The molecule has 1 heterocycles. The van der Waals surface area contributed by atoms with Gasteiger partial charge in [0.05, 0.1) is 0 Å². The minimum Gasteiger partial charge on any atom is -0.399 e. The average molecular weight is 270 g/mol. The highest BCUT2D eigenvalue weighted by molar-refractivity contribution is 5.67. The van der Waals surface area contributed by atoms with E-state index in [0.29, 0.717) is 0 Å². The van der Waals surface area contributed by atoms with Crippen LogP contribution >= 0.6 is 0 Å². The van der Waals surface area contributed by atoms with Crippen LogP contribution in [0.15, 0.2) is 48.5 Å². The molecule has 1 aliphatic heterocycles. The summed E-state index contributed by atoms with van der Waals surface area (Å²) < 4.78 is 0. The molecule has 0 saturated carbocycles. The summed E-state index contributed by atoms with van der Waals surface area (Å²) in [5.41, 5.74) is 15.1. The van der Waals surface area contributed by atoms with Gasteiger partial charge in [-0.2, -0.15) is 0 Å². The maximum atomic E-state index is 5.61. The van der Waals surface area contributed by atoms with E-state index in [1.54, 1.807) is 0 Å². The van der Waals surface area contributed by atoms with E-state index in [0.717, 1.165) is 48.7 Å². The summed E-state index contributed by atoms with van der Waals surface area (Å²) in [5.74, 6) is 0. The second-order valence-electron chi connectivity index (χ2n) is 4.74. The Kier molecular flexibility index (Phi) is 5.41. The van der Waals surface area contributed by atoms with Crippen molar-refractivity contribution in [3.63, 3.8) is 0 Å². The Balaban J connectivity index is 0.000000205. The molecule has 4 heteroatoms. The van der Waals surface area contributed by atoms with Gasteiger partial charge in [-0.1, -0.05) is 24.3 Å². The fraction of sp³-hybridized carbons (Fsp3) is 0.250. The van der Waals surface area contributed by atoms with Crippen molar-refractivity contribution in [2.75, 3.05) is 37.6 Å². The molecule has 106 valence electrons. The van der Waals surface area contributed by atoms with Crippen molar-refractivity contribution in [1.29, 1.82) is 0 Å². The normalized spacial score (nSPS) is 14.2. The van der Waals surface area contributed by atoms with Crippen molar-refractivity contribution < 1.29 is 0 Å². The molecule has 0 aromatic heterocycles. The van der Waals surface area contributed by atoms with E-state index in [1.165, 1.54) is 0 Å². The van der Waals surface area contributed by atoms with E-state index in [9.17, 15) is 0 Å². The van der Waals surface area contributed by atoms with Gasteiger partial charge in [-0.3, -0.25) is 0 Å². The zero-order chi connectivity index (χ0) is 14.2. The molecule has 3 rings (SSSR count). The van der Waals surface area contributed by atoms with E-state index in [-0.39, 0.29) is 0 Å². The number of piperazine rings is 1. The molecule has 1 aliphatic rings. The van der Waals surface area contributed by atoms with E-state index in [4.69, 9.17) is 11.5 Å². The van der Waals surface area contributed by atoms with Crippen LogP contribution in [0.25, 0.3) is 11.1 Å². The predicted octanol–water partition coefficient (Wildman–Crippen LogP) is 1.70. The summed E-state index contributed by atoms with van der Waals surface area (Å²) in [6.07, 6.45) is 0. The molecule has 1 fully saturated rings. The van der Waals surface area contributed by atoms with Crippen LogP contribution in [0.5, 0.6) is 0 Å². The van der Waals surface area contributed by atoms with Crippen molar-refractivity contribution in [3.8, 4) is 11.1 Å². The highest BCUT2D eigenvalue weighted by atomic mass is 15.0. The van der Waals surface area contributed by atoms with Crippen molar-refractivity contribution in [3.05, 3.63) is 48.5 Å². The fourth-order valence-electron chi connectivity index (χ4n) is 1.95. The summed E-state index contributed by atoms with van der Waals surface area (Å²) in [6, 6.07) is 15.6. The van der Waals surface area contributed by atoms with Gasteiger partial charge < -0.3 is 22.1 Å². The smallest absolute Gasteiger partial charge is 0.0314 e. The Bertz CT molecular complexity index is 446. The van der Waals surface area contributed by atoms with Crippen LogP contribution in [0.1, 0.15) is 0 Å². The number of nitrogen functional groups attached to an aromatic ring is 2. The standard InChI is InChI=1S/C12H12N2.C4H10N2/c13-11-5-1-9(2-6-11)10-3-7-12(14)8-4-10;1-2-6-4-3-5-1/h1-8H,13-14H2;5-6H,1-4H2. The lowest BCUT2D eigenvalue weighted by atomic mass is 10.1. The highest BCUT2D eigenvalue weighted by Crippen LogP contribution is 2.21. The summed E-state index contributed by atoms with van der Waals surface area (Å²) in [6.45, 7) is 4.56. The third kappa shape index (κ3) is 4.57. The van der Waals surface area contributed by atoms with Gasteiger partial charge in [-0.25, -0.2) is 0 Å². The lowest BCUT2D eigenvalue weighted by Crippen LogP contribution is -2.39. The first-order valence-electron chi connectivity index (χ1n) is 6.88. The molecule has 2 aromatic rings. The van der Waals surface area contributed by atoms with Crippen LogP contribution < -0.4 is 22.1 Å². The number of anilines is 2. The summed E-state index contributed by atoms with van der Waals surface area (Å²) in [5, 5.41) is 6.44. The Hall–Kier alpha value is -2.04. The van der Waals surface area contributed by atoms with Gasteiger partial charge in [0.15, 0.2) is 0 Å². The van der Waals surface area contributed by atoms with Gasteiger partial charge in [0.1, 0.15) is 0 Å². The molecule has 0 atom stereocenters. The summed E-state index contributed by atoms with van der Waals surface area (Å²) in [4.78, 5) is 0. The molecule has 0 unspecified atom stereocenters. The molecule has 0 radical (unpaired) electrons. The molecule has 0 bridgehead atoms. The molecule has 20 heavy (non-hydrogen) atoms. The zero-order valence-electron chi connectivity index (χ0n) is 11.6. The van der Waals surface area contributed by atoms with Gasteiger partial charge in [-0.05, 0) is 35.4 Å². The first-order valence-corrected chi connectivity index (χ1v) is 6.88. The highest BCUT2D eigenvalue weighted by Gasteiger charge is 1.96. The average Bonchev–Trinajstić information content (AvgIpc) is 2.51. The number of hydrogen-bond acceptors (Lipinski definition) is 4. The van der Waals surface area contributed by atoms with Crippen LogP contribution in [-0.2, 0) is 0 Å². The first-order chi connectivity index (χ1) is 9.75. The number of rotatable bonds is 1. The van der Waals surface area contributed by atoms with Crippen molar-refractivity contribution >= 4 is 11.4 Å². The molecule has 4 nitrogen and oxygen atoms in total. The van der Waals surface area contributed by atoms with E-state index in [2.05, 4.69) is 10.6 Å². The number of benzene rings is 2. The second kappa shape index (κ2) is 7.53. The van der Waals surface area contributed by atoms with Crippen molar-refractivity contribution in [1.82, 2.24) is 10.6 Å². The Labute approximate surface area is 120 Å². The van der Waals surface area contributed by atoms with Gasteiger partial charge in [-0.15, -0.1) is 0 Å². The second-order valence-corrected chi connectivity index (χ2v) is 4.74. The third-order valence-electron chi connectivity index (χ3n) is 3.11. The molecule has 0 spiro atoms. The molecule has 0 amide bonds. The van der Waals surface area contributed by atoms with Gasteiger partial charge >= 0.3 is 0 Å². The molecule has 6 N–H and O–H groups in total. The zero-order valence-corrected chi connectivity index (χ0v) is 11.6. The monoisotopic (exact) mass is 270 g/mol. The van der Waals surface area contributed by atoms with E-state index >= 15 is 0 Å². The molecule has 2 aromatic carbocycles. The van der Waals surface area contributed by atoms with E-state index in [1.807, 2.05) is 48.5 Å². The third-order valence-corrected chi connectivity index (χ3v) is 3.11. The molecule has 1 saturated heterocycles. The topological polar surface area (TPSA) is 76.1 Å². The van der Waals surface area contributed by atoms with Crippen LogP contribution in [0.3, 0.4) is 0 Å². The van der Waals surface area contributed by atoms with Crippen molar-refractivity contribution in [2.24, 2.45) is 0 Å². The lowest BCUT2D eigenvalue weighted by Gasteiger charge is -2.11. The van der Waals surface area contributed by atoms with E-state index < -0.39 is 0 Å². The number of nitrogens with one attached hydrogen (secondary N) is 2. The minimum absolute atomic E-state index is 0.782. The van der Waals surface area contributed by atoms with Crippen LogP contribution in [-0.4, -0.2) is 26.2 Å². The largest absolute Gasteiger partial charge is 0.399 e. The van der Waals surface area contributed by atoms with Gasteiger partial charge in [0.25, 0.3) is 0 Å².